The fourth-order valence-corrected chi connectivity index (χ4v) is 5.84. The molecule has 0 spiro atoms. The largest absolute Gasteiger partial charge is 0.458 e. The monoisotopic (exact) mass is 518 g/mol. The number of halogens is 1. The van der Waals surface area contributed by atoms with E-state index < -0.39 is 19.8 Å². The van der Waals surface area contributed by atoms with Crippen LogP contribution in [0.25, 0.3) is 22.3 Å². The summed E-state index contributed by atoms with van der Waals surface area (Å²) >= 11 is 3.52. The van der Waals surface area contributed by atoms with Crippen LogP contribution in [0, 0.1) is 0 Å². The summed E-state index contributed by atoms with van der Waals surface area (Å²) in [5.74, 6) is -0.770. The molecule has 0 radical (unpaired) electrons. The van der Waals surface area contributed by atoms with Gasteiger partial charge in [0.1, 0.15) is 6.61 Å². The molecule has 1 aromatic carbocycles. The minimum absolute atomic E-state index is 0.0466. The number of esters is 1. The lowest BCUT2D eigenvalue weighted by atomic mass is 9.86. The van der Waals surface area contributed by atoms with E-state index in [1.165, 1.54) is 0 Å². The Bertz CT molecular complexity index is 1400. The number of ether oxygens (including phenoxy) is 1. The van der Waals surface area contributed by atoms with Crippen molar-refractivity contribution in [2.24, 2.45) is 0 Å². The molecule has 2 aliphatic rings. The van der Waals surface area contributed by atoms with Gasteiger partial charge in [0.2, 0.25) is 0 Å². The first-order valence-electron chi connectivity index (χ1n) is 10.3. The van der Waals surface area contributed by atoms with Gasteiger partial charge in [-0.15, -0.1) is 0 Å². The van der Waals surface area contributed by atoms with E-state index in [1.807, 2.05) is 18.2 Å². The fourth-order valence-electron chi connectivity index (χ4n) is 4.84. The number of fused-ring (bicyclic) bond motifs is 5. The Morgan fingerprint density at radius 3 is 2.75 bits per heavy atom. The number of hydrogen-bond donors (Lipinski definition) is 1. The van der Waals surface area contributed by atoms with Crippen LogP contribution in [0.4, 0.5) is 0 Å². The molecule has 0 bridgehead atoms. The smallest absolute Gasteiger partial charge is 0.344 e. The first-order valence-corrected chi connectivity index (χ1v) is 12.3. The second-order valence-corrected chi connectivity index (χ2v) is 9.52. The Labute approximate surface area is 192 Å². The minimum Gasteiger partial charge on any atom is -0.458 e. The molecule has 0 fully saturated rings. The summed E-state index contributed by atoms with van der Waals surface area (Å²) in [6, 6.07) is 7.57. The summed E-state index contributed by atoms with van der Waals surface area (Å²) < 4.78 is 24.7. The molecule has 2 aliphatic heterocycles. The van der Waals surface area contributed by atoms with Gasteiger partial charge in [0.25, 0.3) is 5.56 Å². The summed E-state index contributed by atoms with van der Waals surface area (Å²) in [5, 5.41) is 1.02. The van der Waals surface area contributed by atoms with Gasteiger partial charge in [-0.1, -0.05) is 29.8 Å². The molecule has 1 N–H and O–H groups in total. The second-order valence-electron chi connectivity index (χ2n) is 7.87. The van der Waals surface area contributed by atoms with E-state index >= 15 is 0 Å². The molecule has 0 amide bonds. The lowest BCUT2D eigenvalue weighted by Crippen LogP contribution is -2.45. The average Bonchev–Trinajstić information content (AvgIpc) is 3.12. The van der Waals surface area contributed by atoms with Crippen LogP contribution in [0.2, 0.25) is 0 Å². The quantitative estimate of drug-likeness (QED) is 0.323. The summed E-state index contributed by atoms with van der Waals surface area (Å²) in [6.45, 7) is 3.87. The van der Waals surface area contributed by atoms with Crippen molar-refractivity contribution in [3.05, 3.63) is 61.3 Å². The lowest BCUT2D eigenvalue weighted by Gasteiger charge is -2.34. The third kappa shape index (κ3) is 2.95. The van der Waals surface area contributed by atoms with Gasteiger partial charge in [-0.25, -0.2) is 9.78 Å². The van der Waals surface area contributed by atoms with Crippen LogP contribution >= 0.6 is 24.2 Å². The number of carbonyl (C=O) groups excluding carboxylic acids is 1. The number of aryl methyl sites for hydroxylation is 1. The van der Waals surface area contributed by atoms with Crippen molar-refractivity contribution in [2.45, 2.75) is 45.4 Å². The van der Waals surface area contributed by atoms with E-state index in [2.05, 4.69) is 22.9 Å². The normalized spacial score (nSPS) is 19.9. The van der Waals surface area contributed by atoms with Crippen LogP contribution in [-0.2, 0) is 43.8 Å². The van der Waals surface area contributed by atoms with Crippen molar-refractivity contribution in [2.75, 3.05) is 0 Å². The zero-order valence-corrected chi connectivity index (χ0v) is 20.0. The number of aromatic nitrogens is 2. The SMILES string of the molecule is CCc1c2c(nc3ccc(Br)cc13)-c1cc3c(c(=O)n1C2)COC(=O)[C@@]3(CC)O[PH](=O)O. The van der Waals surface area contributed by atoms with Crippen molar-refractivity contribution in [3.8, 4) is 11.4 Å². The maximum atomic E-state index is 13.5. The Kier molecular flexibility index (Phi) is 5.13. The minimum atomic E-state index is -3.49. The van der Waals surface area contributed by atoms with Crippen LogP contribution in [0.5, 0.6) is 0 Å². The lowest BCUT2D eigenvalue weighted by molar-refractivity contribution is -0.169. The van der Waals surface area contributed by atoms with Gasteiger partial charge in [-0.2, -0.15) is 0 Å². The maximum Gasteiger partial charge on any atom is 0.344 e. The van der Waals surface area contributed by atoms with Gasteiger partial charge in [0.05, 0.1) is 29.0 Å². The van der Waals surface area contributed by atoms with Gasteiger partial charge in [0, 0.05) is 21.0 Å². The Morgan fingerprint density at radius 1 is 1.28 bits per heavy atom. The van der Waals surface area contributed by atoms with Gasteiger partial charge in [-0.3, -0.25) is 13.9 Å². The van der Waals surface area contributed by atoms with Crippen LogP contribution in [-0.4, -0.2) is 20.4 Å². The molecular formula is C22H20BrN2O6P. The third-order valence-electron chi connectivity index (χ3n) is 6.35. The number of benzene rings is 1. The number of cyclic esters (lactones) is 1. The molecule has 10 heteroatoms. The zero-order chi connectivity index (χ0) is 22.8. The van der Waals surface area contributed by atoms with Crippen LogP contribution in [0.15, 0.2) is 33.5 Å². The molecule has 3 aromatic rings. The molecule has 2 aromatic heterocycles. The third-order valence-corrected chi connectivity index (χ3v) is 7.37. The molecule has 0 saturated heterocycles. The standard InChI is InChI=1S/C22H20BrN2O6P/c1-3-12-13-7-11(23)5-6-17(13)24-19-14(12)9-25-18(19)8-16-15(20(25)26)10-30-21(27)22(16,4-2)31-32(28)29/h5-8,32H,3-4,9-10H2,1-2H3,(H,28,29)/t22-/m0/s1. The van der Waals surface area contributed by atoms with Crippen molar-refractivity contribution < 1.29 is 23.5 Å². The first kappa shape index (κ1) is 21.5. The van der Waals surface area contributed by atoms with Crippen LogP contribution in [0.3, 0.4) is 0 Å². The average molecular weight is 519 g/mol. The van der Waals surface area contributed by atoms with Crippen molar-refractivity contribution in [1.29, 1.82) is 0 Å². The van der Waals surface area contributed by atoms with Gasteiger partial charge >= 0.3 is 14.2 Å². The van der Waals surface area contributed by atoms with E-state index in [9.17, 15) is 19.0 Å². The highest BCUT2D eigenvalue weighted by molar-refractivity contribution is 9.10. The van der Waals surface area contributed by atoms with Crippen molar-refractivity contribution in [1.82, 2.24) is 9.55 Å². The number of nitrogens with zero attached hydrogens (tertiary/aromatic N) is 2. The molecular weight excluding hydrogens is 499 g/mol. The molecule has 5 rings (SSSR count). The molecule has 166 valence electrons. The van der Waals surface area contributed by atoms with Gasteiger partial charge in [0.15, 0.2) is 5.60 Å². The van der Waals surface area contributed by atoms with E-state index in [1.54, 1.807) is 17.6 Å². The molecule has 32 heavy (non-hydrogen) atoms. The second kappa shape index (κ2) is 7.63. The molecule has 4 heterocycles. The fraction of sp³-hybridized carbons (Fsp3) is 0.318. The Balaban J connectivity index is 1.82. The molecule has 0 aliphatic carbocycles. The highest BCUT2D eigenvalue weighted by atomic mass is 79.9. The molecule has 1 unspecified atom stereocenters. The number of rotatable bonds is 4. The number of carbonyl (C=O) groups is 1. The van der Waals surface area contributed by atoms with Gasteiger partial charge in [-0.05, 0) is 42.7 Å². The van der Waals surface area contributed by atoms with Crippen molar-refractivity contribution in [3.63, 3.8) is 0 Å². The topological polar surface area (TPSA) is 108 Å². The number of hydrogen-bond acceptors (Lipinski definition) is 6. The predicted octanol–water partition coefficient (Wildman–Crippen LogP) is 3.81. The molecule has 2 atom stereocenters. The number of pyridine rings is 2. The predicted molar refractivity (Wildman–Crippen MR) is 122 cm³/mol. The van der Waals surface area contributed by atoms with E-state index in [0.29, 0.717) is 17.9 Å². The zero-order valence-electron chi connectivity index (χ0n) is 17.4. The molecule has 8 nitrogen and oxygen atoms in total. The van der Waals surface area contributed by atoms with Crippen LogP contribution in [0.1, 0.15) is 42.5 Å². The summed E-state index contributed by atoms with van der Waals surface area (Å²) in [4.78, 5) is 40.5. The van der Waals surface area contributed by atoms with E-state index in [4.69, 9.17) is 14.2 Å². The first-order chi connectivity index (χ1) is 15.3. The van der Waals surface area contributed by atoms with E-state index in [0.717, 1.165) is 32.9 Å². The summed E-state index contributed by atoms with van der Waals surface area (Å²) in [5.41, 5.74) is 2.55. The highest BCUT2D eigenvalue weighted by Crippen LogP contribution is 2.45. The Hall–Kier alpha value is -2.32. The maximum absolute atomic E-state index is 13.5. The Morgan fingerprint density at radius 2 is 2.06 bits per heavy atom. The van der Waals surface area contributed by atoms with Crippen molar-refractivity contribution >= 4 is 41.1 Å². The van der Waals surface area contributed by atoms with Crippen LogP contribution < -0.4 is 5.56 Å². The summed E-state index contributed by atoms with van der Waals surface area (Å²) in [7, 11) is -3.49. The summed E-state index contributed by atoms with van der Waals surface area (Å²) in [6.07, 6.45) is 0.807. The van der Waals surface area contributed by atoms with Gasteiger partial charge < -0.3 is 14.2 Å². The molecule has 0 saturated carbocycles. The highest BCUT2D eigenvalue weighted by Gasteiger charge is 2.49. The van der Waals surface area contributed by atoms with E-state index in [-0.39, 0.29) is 29.7 Å².